The third-order valence-corrected chi connectivity index (χ3v) is 7.57. The Bertz CT molecular complexity index is 865. The number of aliphatic hydroxyl groups excluding tert-OH is 2. The van der Waals surface area contributed by atoms with E-state index in [9.17, 15) is 18.6 Å². The first-order valence-corrected chi connectivity index (χ1v) is 15.3. The molecule has 0 aliphatic heterocycles. The molecular weight excluding hydrogens is 512 g/mol. The van der Waals surface area contributed by atoms with Crippen LogP contribution >= 0.6 is 23.5 Å². The Kier molecular flexibility index (Phi) is 13.9. The third-order valence-electron chi connectivity index (χ3n) is 4.64. The summed E-state index contributed by atoms with van der Waals surface area (Å²) >= 11 is 3.33. The third kappa shape index (κ3) is 11.0. The molecule has 0 spiro atoms. The van der Waals surface area contributed by atoms with Crippen molar-refractivity contribution in [3.05, 3.63) is 48.5 Å². The molecule has 11 heteroatoms. The highest BCUT2D eigenvalue weighted by atomic mass is 32.2. The highest BCUT2D eigenvalue weighted by Crippen LogP contribution is 2.25. The molecule has 0 saturated carbocycles. The van der Waals surface area contributed by atoms with Gasteiger partial charge in [0.15, 0.2) is 0 Å². The van der Waals surface area contributed by atoms with Gasteiger partial charge < -0.3 is 29.2 Å². The van der Waals surface area contributed by atoms with Crippen molar-refractivity contribution >= 4 is 33.4 Å². The van der Waals surface area contributed by atoms with Crippen molar-refractivity contribution in [2.75, 3.05) is 63.7 Å². The van der Waals surface area contributed by atoms with Gasteiger partial charge in [-0.2, -0.15) is 23.5 Å². The van der Waals surface area contributed by atoms with Crippen molar-refractivity contribution in [2.45, 2.75) is 22.0 Å². The second-order valence-corrected chi connectivity index (χ2v) is 11.4. The minimum Gasteiger partial charge on any atom is -0.491 e. The molecule has 0 aliphatic rings. The smallest absolute Gasteiger partial charge is 0.206 e. The van der Waals surface area contributed by atoms with Crippen molar-refractivity contribution in [2.24, 2.45) is 0 Å². The van der Waals surface area contributed by atoms with Crippen molar-refractivity contribution in [1.82, 2.24) is 0 Å². The Morgan fingerprint density at radius 1 is 0.686 bits per heavy atom. The second kappa shape index (κ2) is 16.3. The maximum atomic E-state index is 12.9. The molecule has 0 amide bonds. The summed E-state index contributed by atoms with van der Waals surface area (Å²) in [5, 5.41) is 19.8. The Morgan fingerprint density at radius 3 is 1.40 bits per heavy atom. The lowest BCUT2D eigenvalue weighted by molar-refractivity contribution is 0.0173. The Hall–Kier alpha value is -1.47. The van der Waals surface area contributed by atoms with E-state index in [1.807, 2.05) is 12.5 Å². The van der Waals surface area contributed by atoms with Crippen LogP contribution in [0, 0.1) is 0 Å². The fraction of sp³-hybridized carbons (Fsp3) is 0.500. The molecule has 2 N–H and O–H groups in total. The van der Waals surface area contributed by atoms with Gasteiger partial charge in [-0.15, -0.1) is 0 Å². The van der Waals surface area contributed by atoms with E-state index < -0.39 is 22.0 Å². The predicted octanol–water partition coefficient (Wildman–Crippen LogP) is 2.76. The number of rotatable bonds is 18. The average molecular weight is 547 g/mol. The molecule has 196 valence electrons. The number of hydrogen-bond acceptors (Lipinski definition) is 10. The molecule has 2 rings (SSSR count). The molecule has 2 aromatic rings. The van der Waals surface area contributed by atoms with Gasteiger partial charge in [0.25, 0.3) is 0 Å². The van der Waals surface area contributed by atoms with E-state index in [1.54, 1.807) is 47.8 Å². The lowest BCUT2D eigenvalue weighted by atomic mass is 10.3. The van der Waals surface area contributed by atoms with Crippen LogP contribution in [0.2, 0.25) is 0 Å². The molecule has 8 nitrogen and oxygen atoms in total. The van der Waals surface area contributed by atoms with Crippen LogP contribution in [0.15, 0.2) is 58.3 Å². The molecule has 0 radical (unpaired) electrons. The summed E-state index contributed by atoms with van der Waals surface area (Å²) in [6, 6.07) is 12.0. The first-order valence-electron chi connectivity index (χ1n) is 11.1. The van der Waals surface area contributed by atoms with E-state index in [4.69, 9.17) is 18.9 Å². The highest BCUT2D eigenvalue weighted by Gasteiger charge is 2.18. The summed E-state index contributed by atoms with van der Waals surface area (Å²) in [5.74, 6) is 2.62. The van der Waals surface area contributed by atoms with Crippen LogP contribution in [0.25, 0.3) is 0 Å². The molecule has 0 bridgehead atoms. The molecule has 0 heterocycles. The summed E-state index contributed by atoms with van der Waals surface area (Å²) < 4.78 is 47.6. The highest BCUT2D eigenvalue weighted by molar-refractivity contribution is 7.98. The van der Waals surface area contributed by atoms with Gasteiger partial charge in [0.05, 0.1) is 36.2 Å². The van der Waals surface area contributed by atoms with E-state index in [0.29, 0.717) is 24.7 Å². The normalized spacial score (nSPS) is 13.4. The quantitative estimate of drug-likeness (QED) is 0.271. The number of benzene rings is 2. The first kappa shape index (κ1) is 29.8. The SMILES string of the molecule is CSCCOCC(O)COc1ccc(S(=O)(=O)c2ccc(OCC(O)COCCSC)cc2)cc1. The minimum absolute atomic E-state index is 0.0471. The van der Waals surface area contributed by atoms with Crippen molar-refractivity contribution in [3.63, 3.8) is 0 Å². The van der Waals surface area contributed by atoms with Gasteiger partial charge in [-0.3, -0.25) is 0 Å². The summed E-state index contributed by atoms with van der Waals surface area (Å²) in [7, 11) is -3.72. The zero-order valence-corrected chi connectivity index (χ0v) is 22.4. The summed E-state index contributed by atoms with van der Waals surface area (Å²) in [4.78, 5) is 0.245. The van der Waals surface area contributed by atoms with Crippen LogP contribution in [-0.2, 0) is 19.3 Å². The van der Waals surface area contributed by atoms with Crippen molar-refractivity contribution in [1.29, 1.82) is 0 Å². The monoisotopic (exact) mass is 546 g/mol. The van der Waals surface area contributed by atoms with Gasteiger partial charge in [0, 0.05) is 11.5 Å². The Labute approximate surface area is 216 Å². The van der Waals surface area contributed by atoms with Crippen LogP contribution in [0.1, 0.15) is 0 Å². The maximum absolute atomic E-state index is 12.9. The van der Waals surface area contributed by atoms with Crippen molar-refractivity contribution < 1.29 is 37.6 Å². The van der Waals surface area contributed by atoms with Gasteiger partial charge in [0.1, 0.15) is 36.9 Å². The van der Waals surface area contributed by atoms with Gasteiger partial charge in [0.2, 0.25) is 9.84 Å². The second-order valence-electron chi connectivity index (χ2n) is 7.51. The Morgan fingerprint density at radius 2 is 1.06 bits per heavy atom. The molecule has 0 fully saturated rings. The fourth-order valence-electron chi connectivity index (χ4n) is 2.77. The van der Waals surface area contributed by atoms with Gasteiger partial charge >= 0.3 is 0 Å². The van der Waals surface area contributed by atoms with E-state index in [2.05, 4.69) is 0 Å². The van der Waals surface area contributed by atoms with Crippen LogP contribution < -0.4 is 9.47 Å². The summed E-state index contributed by atoms with van der Waals surface area (Å²) in [5.41, 5.74) is 0. The number of thioether (sulfide) groups is 2. The molecule has 2 unspecified atom stereocenters. The lowest BCUT2D eigenvalue weighted by Gasteiger charge is -2.14. The van der Waals surface area contributed by atoms with E-state index >= 15 is 0 Å². The fourth-order valence-corrected chi connectivity index (χ4v) is 4.60. The Balaban J connectivity index is 1.84. The zero-order valence-electron chi connectivity index (χ0n) is 20.0. The number of aliphatic hydroxyl groups is 2. The van der Waals surface area contributed by atoms with Crippen LogP contribution in [0.4, 0.5) is 0 Å². The molecular formula is C24H34O8S3. The lowest BCUT2D eigenvalue weighted by Crippen LogP contribution is -2.24. The van der Waals surface area contributed by atoms with Gasteiger partial charge in [-0.25, -0.2) is 8.42 Å². The summed E-state index contributed by atoms with van der Waals surface area (Å²) in [6.07, 6.45) is 2.43. The standard InChI is InChI=1S/C24H34O8S3/c1-33-13-11-29-15-19(25)17-31-21-3-7-23(8-4-21)35(27,28)24-9-5-22(6-10-24)32-18-20(26)16-30-12-14-34-2/h3-10,19-20,25-26H,11-18H2,1-2H3. The van der Waals surface area contributed by atoms with E-state index in [0.717, 1.165) is 11.5 Å². The topological polar surface area (TPSA) is 112 Å². The molecule has 2 aromatic carbocycles. The van der Waals surface area contributed by atoms with Crippen LogP contribution in [0.5, 0.6) is 11.5 Å². The van der Waals surface area contributed by atoms with Crippen LogP contribution in [-0.4, -0.2) is 94.5 Å². The van der Waals surface area contributed by atoms with Gasteiger partial charge in [-0.05, 0) is 61.0 Å². The molecule has 0 aromatic heterocycles. The zero-order chi connectivity index (χ0) is 25.5. The van der Waals surface area contributed by atoms with E-state index in [-0.39, 0.29) is 36.2 Å². The summed E-state index contributed by atoms with van der Waals surface area (Å²) in [6.45, 7) is 1.58. The number of sulfone groups is 1. The first-order chi connectivity index (χ1) is 16.9. The van der Waals surface area contributed by atoms with Crippen LogP contribution in [0.3, 0.4) is 0 Å². The predicted molar refractivity (Wildman–Crippen MR) is 140 cm³/mol. The minimum atomic E-state index is -3.72. The number of hydrogen-bond donors (Lipinski definition) is 2. The maximum Gasteiger partial charge on any atom is 0.206 e. The molecule has 0 aliphatic carbocycles. The molecule has 35 heavy (non-hydrogen) atoms. The molecule has 0 saturated heterocycles. The van der Waals surface area contributed by atoms with Gasteiger partial charge in [-0.1, -0.05) is 0 Å². The molecule has 2 atom stereocenters. The average Bonchev–Trinajstić information content (AvgIpc) is 2.87. The number of ether oxygens (including phenoxy) is 4. The van der Waals surface area contributed by atoms with E-state index in [1.165, 1.54) is 24.3 Å². The van der Waals surface area contributed by atoms with Crippen molar-refractivity contribution in [3.8, 4) is 11.5 Å². The largest absolute Gasteiger partial charge is 0.491 e.